The topological polar surface area (TPSA) is 70.5 Å². The van der Waals surface area contributed by atoms with Crippen molar-refractivity contribution in [3.8, 4) is 28.5 Å². The van der Waals surface area contributed by atoms with Crippen molar-refractivity contribution in [3.63, 3.8) is 0 Å². The highest BCUT2D eigenvalue weighted by Gasteiger charge is 2.10. The molecule has 0 saturated heterocycles. The molecule has 1 aromatic heterocycles. The molecule has 0 spiro atoms. The first kappa shape index (κ1) is 17.0. The van der Waals surface area contributed by atoms with Gasteiger partial charge in [0.15, 0.2) is 5.76 Å². The third kappa shape index (κ3) is 4.39. The molecule has 3 aromatic rings. The predicted molar refractivity (Wildman–Crippen MR) is 96.8 cm³/mol. The van der Waals surface area contributed by atoms with Crippen LogP contribution in [0.15, 0.2) is 59.1 Å². The predicted octanol–water partition coefficient (Wildman–Crippen LogP) is 4.94. The molecular formula is C20H22N2O3. The van der Waals surface area contributed by atoms with Gasteiger partial charge in [-0.25, -0.2) is 0 Å². The largest absolute Gasteiger partial charge is 0.491 e. The normalized spacial score (nSPS) is 12.2. The zero-order chi connectivity index (χ0) is 17.8. The molecule has 0 bridgehead atoms. The minimum atomic E-state index is -0.175. The van der Waals surface area contributed by atoms with Gasteiger partial charge in [0, 0.05) is 11.6 Å². The Labute approximate surface area is 147 Å². The Balaban J connectivity index is 1.67. The van der Waals surface area contributed by atoms with E-state index in [9.17, 15) is 0 Å². The van der Waals surface area contributed by atoms with Crippen LogP contribution in [0.5, 0.6) is 17.2 Å². The molecule has 0 aliphatic heterocycles. The highest BCUT2D eigenvalue weighted by atomic mass is 16.5. The van der Waals surface area contributed by atoms with E-state index in [4.69, 9.17) is 19.7 Å². The molecule has 2 N–H and O–H groups in total. The van der Waals surface area contributed by atoms with Crippen LogP contribution < -0.4 is 15.2 Å². The summed E-state index contributed by atoms with van der Waals surface area (Å²) in [6, 6.07) is 16.9. The average molecular weight is 338 g/mol. The lowest BCUT2D eigenvalue weighted by atomic mass is 10.1. The molecule has 0 saturated carbocycles. The first-order valence-electron chi connectivity index (χ1n) is 8.28. The van der Waals surface area contributed by atoms with E-state index in [2.05, 4.69) is 5.16 Å². The molecule has 1 unspecified atom stereocenters. The first-order chi connectivity index (χ1) is 12.0. The van der Waals surface area contributed by atoms with Gasteiger partial charge in [-0.2, -0.15) is 0 Å². The minimum absolute atomic E-state index is 0.151. The van der Waals surface area contributed by atoms with Gasteiger partial charge in [0.05, 0.1) is 12.1 Å². The molecule has 130 valence electrons. The fourth-order valence-corrected chi connectivity index (χ4v) is 2.33. The smallest absolute Gasteiger partial charge is 0.153 e. The third-order valence-electron chi connectivity index (χ3n) is 3.56. The molecule has 2 aromatic carbocycles. The molecule has 3 rings (SSSR count). The van der Waals surface area contributed by atoms with Crippen LogP contribution in [-0.2, 0) is 0 Å². The third-order valence-corrected chi connectivity index (χ3v) is 3.56. The van der Waals surface area contributed by atoms with Crippen LogP contribution in [0, 0.1) is 0 Å². The van der Waals surface area contributed by atoms with E-state index < -0.39 is 0 Å². The maximum atomic E-state index is 5.85. The number of hydrogen-bond donors (Lipinski definition) is 1. The molecule has 0 fully saturated rings. The molecule has 0 aliphatic rings. The molecule has 1 atom stereocenters. The number of nitrogens with zero attached hydrogens (tertiary/aromatic N) is 1. The molecule has 0 aliphatic carbocycles. The van der Waals surface area contributed by atoms with Gasteiger partial charge in [-0.1, -0.05) is 5.16 Å². The standard InChI is InChI=1S/C20H22N2O3/c1-13(2)23-16-8-10-18(11-9-16)24-17-6-4-15(5-7-17)19-12-20(14(3)21)25-22-19/h4-14H,21H2,1-3H3. The summed E-state index contributed by atoms with van der Waals surface area (Å²) in [5.41, 5.74) is 7.50. The zero-order valence-corrected chi connectivity index (χ0v) is 14.6. The SMILES string of the molecule is CC(C)Oc1ccc(Oc2ccc(-c3cc(C(C)N)on3)cc2)cc1. The summed E-state index contributed by atoms with van der Waals surface area (Å²) in [5, 5.41) is 4.04. The van der Waals surface area contributed by atoms with E-state index in [0.29, 0.717) is 5.76 Å². The Bertz CT molecular complexity index is 806. The van der Waals surface area contributed by atoms with Gasteiger partial charge in [-0.15, -0.1) is 0 Å². The number of aromatic nitrogens is 1. The maximum absolute atomic E-state index is 5.85. The summed E-state index contributed by atoms with van der Waals surface area (Å²) in [5.74, 6) is 2.99. The highest BCUT2D eigenvalue weighted by molar-refractivity contribution is 5.60. The first-order valence-corrected chi connectivity index (χ1v) is 8.28. The van der Waals surface area contributed by atoms with Crippen LogP contribution in [0.2, 0.25) is 0 Å². The van der Waals surface area contributed by atoms with Gasteiger partial charge >= 0.3 is 0 Å². The van der Waals surface area contributed by atoms with Gasteiger partial charge in [0.2, 0.25) is 0 Å². The second-order valence-electron chi connectivity index (χ2n) is 6.17. The fourth-order valence-electron chi connectivity index (χ4n) is 2.33. The second kappa shape index (κ2) is 7.40. The summed E-state index contributed by atoms with van der Waals surface area (Å²) in [6.07, 6.45) is 0.151. The van der Waals surface area contributed by atoms with Gasteiger partial charge in [-0.05, 0) is 69.3 Å². The second-order valence-corrected chi connectivity index (χ2v) is 6.17. The molecule has 1 heterocycles. The van der Waals surface area contributed by atoms with Crippen molar-refractivity contribution in [1.82, 2.24) is 5.16 Å². The number of hydrogen-bond acceptors (Lipinski definition) is 5. The van der Waals surface area contributed by atoms with Crippen molar-refractivity contribution in [2.45, 2.75) is 32.9 Å². The summed E-state index contributed by atoms with van der Waals surface area (Å²) in [4.78, 5) is 0. The molecule has 5 nitrogen and oxygen atoms in total. The van der Waals surface area contributed by atoms with Crippen molar-refractivity contribution in [2.24, 2.45) is 5.73 Å². The van der Waals surface area contributed by atoms with E-state index >= 15 is 0 Å². The van der Waals surface area contributed by atoms with Crippen molar-refractivity contribution >= 4 is 0 Å². The highest BCUT2D eigenvalue weighted by Crippen LogP contribution is 2.27. The number of benzene rings is 2. The van der Waals surface area contributed by atoms with Crippen LogP contribution in [0.1, 0.15) is 32.6 Å². The van der Waals surface area contributed by atoms with Crippen molar-refractivity contribution in [2.75, 3.05) is 0 Å². The van der Waals surface area contributed by atoms with E-state index in [1.54, 1.807) is 0 Å². The molecule has 0 amide bonds. The molecule has 25 heavy (non-hydrogen) atoms. The van der Waals surface area contributed by atoms with Crippen LogP contribution in [0.3, 0.4) is 0 Å². The number of ether oxygens (including phenoxy) is 2. The van der Waals surface area contributed by atoms with Crippen molar-refractivity contribution < 1.29 is 14.0 Å². The Morgan fingerprint density at radius 1 is 0.880 bits per heavy atom. The van der Waals surface area contributed by atoms with Gasteiger partial charge in [0.1, 0.15) is 22.9 Å². The van der Waals surface area contributed by atoms with Gasteiger partial charge in [-0.3, -0.25) is 0 Å². The summed E-state index contributed by atoms with van der Waals surface area (Å²) in [6.45, 7) is 5.86. The maximum Gasteiger partial charge on any atom is 0.153 e. The Morgan fingerprint density at radius 2 is 1.44 bits per heavy atom. The van der Waals surface area contributed by atoms with Crippen molar-refractivity contribution in [1.29, 1.82) is 0 Å². The van der Waals surface area contributed by atoms with Crippen LogP contribution in [0.4, 0.5) is 0 Å². The molecule has 5 heteroatoms. The molecular weight excluding hydrogens is 316 g/mol. The number of rotatable bonds is 6. The fraction of sp³-hybridized carbons (Fsp3) is 0.250. The summed E-state index contributed by atoms with van der Waals surface area (Å²) in [7, 11) is 0. The van der Waals surface area contributed by atoms with Gasteiger partial charge in [0.25, 0.3) is 0 Å². The lowest BCUT2D eigenvalue weighted by Gasteiger charge is -2.10. The zero-order valence-electron chi connectivity index (χ0n) is 14.6. The lowest BCUT2D eigenvalue weighted by Crippen LogP contribution is -2.05. The summed E-state index contributed by atoms with van der Waals surface area (Å²) < 4.78 is 16.7. The Hall–Kier alpha value is -2.79. The quantitative estimate of drug-likeness (QED) is 0.689. The van der Waals surface area contributed by atoms with E-state index in [-0.39, 0.29) is 12.1 Å². The van der Waals surface area contributed by atoms with E-state index in [0.717, 1.165) is 28.5 Å². The monoisotopic (exact) mass is 338 g/mol. The van der Waals surface area contributed by atoms with Crippen LogP contribution in [-0.4, -0.2) is 11.3 Å². The van der Waals surface area contributed by atoms with E-state index in [1.165, 1.54) is 0 Å². The Kier molecular flexibility index (Phi) is 5.05. The van der Waals surface area contributed by atoms with Crippen LogP contribution >= 0.6 is 0 Å². The Morgan fingerprint density at radius 3 is 1.96 bits per heavy atom. The van der Waals surface area contributed by atoms with E-state index in [1.807, 2.05) is 75.4 Å². The minimum Gasteiger partial charge on any atom is -0.491 e. The average Bonchev–Trinajstić information content (AvgIpc) is 3.07. The van der Waals surface area contributed by atoms with Crippen molar-refractivity contribution in [3.05, 3.63) is 60.4 Å². The lowest BCUT2D eigenvalue weighted by molar-refractivity contribution is 0.242. The van der Waals surface area contributed by atoms with Crippen LogP contribution in [0.25, 0.3) is 11.3 Å². The van der Waals surface area contributed by atoms with Gasteiger partial charge < -0.3 is 19.7 Å². The summed E-state index contributed by atoms with van der Waals surface area (Å²) >= 11 is 0. The number of nitrogens with two attached hydrogens (primary N) is 1. The molecule has 0 radical (unpaired) electrons.